The smallest absolute Gasteiger partial charge is 0.242 e. The van der Waals surface area contributed by atoms with Gasteiger partial charge in [-0.15, -0.1) is 0 Å². The lowest BCUT2D eigenvalue weighted by atomic mass is 10.0. The van der Waals surface area contributed by atoms with Gasteiger partial charge in [0.05, 0.1) is 0 Å². The number of aryl methyl sites for hydroxylation is 1. The molecule has 3 aromatic rings. The molecule has 0 spiro atoms. The number of rotatable bonds is 9. The molecular weight excluding hydrogens is 452 g/mol. The van der Waals surface area contributed by atoms with Crippen molar-refractivity contribution in [3.8, 4) is 11.5 Å². The molecule has 7 heteroatoms. The molecule has 1 aliphatic heterocycles. The first-order valence-corrected chi connectivity index (χ1v) is 11.6. The fourth-order valence-corrected chi connectivity index (χ4v) is 4.12. The maximum absolute atomic E-state index is 13.5. The zero-order chi connectivity index (χ0) is 23.9. The van der Waals surface area contributed by atoms with Crippen LogP contribution in [0.15, 0.2) is 72.8 Å². The highest BCUT2D eigenvalue weighted by atomic mass is 35.5. The van der Waals surface area contributed by atoms with Crippen molar-refractivity contribution in [2.24, 2.45) is 0 Å². The maximum Gasteiger partial charge on any atom is 0.242 e. The summed E-state index contributed by atoms with van der Waals surface area (Å²) in [5.41, 5.74) is 2.87. The molecule has 1 atom stereocenters. The van der Waals surface area contributed by atoms with Gasteiger partial charge >= 0.3 is 0 Å². The first-order valence-electron chi connectivity index (χ1n) is 11.2. The van der Waals surface area contributed by atoms with Crippen molar-refractivity contribution in [2.75, 3.05) is 13.8 Å². The van der Waals surface area contributed by atoms with E-state index in [-0.39, 0.29) is 25.0 Å². The number of halogens is 1. The molecule has 176 valence electrons. The van der Waals surface area contributed by atoms with E-state index in [2.05, 4.69) is 5.32 Å². The predicted molar refractivity (Wildman–Crippen MR) is 131 cm³/mol. The fourth-order valence-electron chi connectivity index (χ4n) is 4.00. The van der Waals surface area contributed by atoms with Crippen molar-refractivity contribution in [3.63, 3.8) is 0 Å². The van der Waals surface area contributed by atoms with Crippen LogP contribution in [0, 0.1) is 0 Å². The zero-order valence-corrected chi connectivity index (χ0v) is 19.8. The Morgan fingerprint density at radius 2 is 1.65 bits per heavy atom. The Labute approximate surface area is 204 Å². The summed E-state index contributed by atoms with van der Waals surface area (Å²) in [6.07, 6.45) is 1.21. The number of likely N-dealkylation sites (N-methyl/N-ethyl adjacent to an activating group) is 1. The van der Waals surface area contributed by atoms with Gasteiger partial charge in [-0.2, -0.15) is 0 Å². The second-order valence-corrected chi connectivity index (χ2v) is 8.59. The first kappa shape index (κ1) is 23.6. The average molecular weight is 479 g/mol. The summed E-state index contributed by atoms with van der Waals surface area (Å²) >= 11 is 6.05. The van der Waals surface area contributed by atoms with Crippen LogP contribution < -0.4 is 14.8 Å². The molecule has 0 fully saturated rings. The van der Waals surface area contributed by atoms with Gasteiger partial charge in [-0.1, -0.05) is 60.1 Å². The molecule has 0 aliphatic carbocycles. The van der Waals surface area contributed by atoms with Crippen LogP contribution in [0.1, 0.15) is 23.1 Å². The van der Waals surface area contributed by atoms with Crippen LogP contribution in [0.5, 0.6) is 11.5 Å². The highest BCUT2D eigenvalue weighted by Crippen LogP contribution is 2.33. The second-order valence-electron chi connectivity index (χ2n) is 8.16. The summed E-state index contributed by atoms with van der Waals surface area (Å²) in [5, 5.41) is 3.36. The highest BCUT2D eigenvalue weighted by molar-refractivity contribution is 6.30. The van der Waals surface area contributed by atoms with Crippen molar-refractivity contribution in [1.82, 2.24) is 10.2 Å². The van der Waals surface area contributed by atoms with E-state index < -0.39 is 6.04 Å². The van der Waals surface area contributed by atoms with Crippen LogP contribution >= 0.6 is 11.6 Å². The topological polar surface area (TPSA) is 67.9 Å². The van der Waals surface area contributed by atoms with Crippen LogP contribution in [0.4, 0.5) is 0 Å². The number of hydrogen-bond acceptors (Lipinski definition) is 4. The van der Waals surface area contributed by atoms with Gasteiger partial charge in [-0.3, -0.25) is 9.59 Å². The molecule has 0 saturated carbocycles. The van der Waals surface area contributed by atoms with Crippen molar-refractivity contribution in [2.45, 2.75) is 31.8 Å². The number of carbonyl (C=O) groups is 2. The summed E-state index contributed by atoms with van der Waals surface area (Å²) in [7, 11) is 1.60. The molecule has 0 unspecified atom stereocenters. The first-order chi connectivity index (χ1) is 16.5. The number of ether oxygens (including phenoxy) is 2. The van der Waals surface area contributed by atoms with Crippen molar-refractivity contribution in [3.05, 3.63) is 94.5 Å². The largest absolute Gasteiger partial charge is 0.454 e. The highest BCUT2D eigenvalue weighted by Gasteiger charge is 2.29. The van der Waals surface area contributed by atoms with E-state index in [1.165, 1.54) is 0 Å². The van der Waals surface area contributed by atoms with E-state index in [1.807, 2.05) is 60.7 Å². The maximum atomic E-state index is 13.5. The molecule has 1 N–H and O–H groups in total. The third kappa shape index (κ3) is 5.88. The lowest BCUT2D eigenvalue weighted by Gasteiger charge is -2.31. The van der Waals surface area contributed by atoms with Crippen LogP contribution in [-0.2, 0) is 29.0 Å². The fraction of sp³-hybridized carbons (Fsp3) is 0.259. The van der Waals surface area contributed by atoms with Gasteiger partial charge in [0, 0.05) is 31.5 Å². The van der Waals surface area contributed by atoms with Crippen LogP contribution in [0.2, 0.25) is 5.02 Å². The Kier molecular flexibility index (Phi) is 7.70. The normalized spacial score (nSPS) is 12.8. The second kappa shape index (κ2) is 11.1. The Morgan fingerprint density at radius 3 is 2.38 bits per heavy atom. The lowest BCUT2D eigenvalue weighted by Crippen LogP contribution is -2.49. The summed E-state index contributed by atoms with van der Waals surface area (Å²) in [4.78, 5) is 28.2. The van der Waals surface area contributed by atoms with Gasteiger partial charge in [-0.25, -0.2) is 0 Å². The minimum absolute atomic E-state index is 0.0999. The van der Waals surface area contributed by atoms with Gasteiger partial charge in [0.15, 0.2) is 11.5 Å². The molecule has 3 aromatic carbocycles. The molecule has 6 nitrogen and oxygen atoms in total. The molecule has 2 amide bonds. The van der Waals surface area contributed by atoms with E-state index >= 15 is 0 Å². The van der Waals surface area contributed by atoms with E-state index in [9.17, 15) is 9.59 Å². The van der Waals surface area contributed by atoms with Crippen LogP contribution in [0.25, 0.3) is 0 Å². The molecule has 0 aromatic heterocycles. The Morgan fingerprint density at radius 1 is 0.941 bits per heavy atom. The van der Waals surface area contributed by atoms with Gasteiger partial charge in [0.1, 0.15) is 6.04 Å². The number of hydrogen-bond donors (Lipinski definition) is 1. The number of benzene rings is 3. The standard InChI is InChI=1S/C27H27ClN2O4/c1-29-27(32)23(15-19-5-3-2-4-6-19)30(17-21-7-11-22(28)12-8-21)26(31)14-10-20-9-13-24-25(16-20)34-18-33-24/h2-9,11-13,16,23H,10,14-15,17-18H2,1H3,(H,29,32)/t23-/m0/s1. The van der Waals surface area contributed by atoms with Gasteiger partial charge < -0.3 is 19.7 Å². The number of amides is 2. The number of nitrogens with one attached hydrogen (secondary N) is 1. The molecule has 0 bridgehead atoms. The molecular formula is C27H27ClN2O4. The molecule has 0 saturated heterocycles. The quantitative estimate of drug-likeness (QED) is 0.495. The number of carbonyl (C=O) groups excluding carboxylic acids is 2. The molecule has 1 aliphatic rings. The molecule has 4 rings (SSSR count). The SMILES string of the molecule is CNC(=O)[C@H](Cc1ccccc1)N(Cc1ccc(Cl)cc1)C(=O)CCc1ccc2c(c1)OCO2. The van der Waals surface area contributed by atoms with Crippen LogP contribution in [0.3, 0.4) is 0 Å². The predicted octanol–water partition coefficient (Wildman–Crippen LogP) is 4.39. The number of nitrogens with zero attached hydrogens (tertiary/aromatic N) is 1. The van der Waals surface area contributed by atoms with Crippen LogP contribution in [-0.4, -0.2) is 36.6 Å². The Hall–Kier alpha value is -3.51. The third-order valence-electron chi connectivity index (χ3n) is 5.85. The van der Waals surface area contributed by atoms with Gasteiger partial charge in [0.2, 0.25) is 18.6 Å². The molecule has 34 heavy (non-hydrogen) atoms. The summed E-state index contributed by atoms with van der Waals surface area (Å²) in [5.74, 6) is 1.10. The minimum atomic E-state index is -0.646. The Balaban J connectivity index is 1.56. The molecule has 1 heterocycles. The monoisotopic (exact) mass is 478 g/mol. The third-order valence-corrected chi connectivity index (χ3v) is 6.10. The van der Waals surface area contributed by atoms with Crippen molar-refractivity contribution < 1.29 is 19.1 Å². The van der Waals surface area contributed by atoms with E-state index in [4.69, 9.17) is 21.1 Å². The summed E-state index contributed by atoms with van der Waals surface area (Å²) < 4.78 is 10.8. The molecule has 0 radical (unpaired) electrons. The van der Waals surface area contributed by atoms with E-state index in [0.29, 0.717) is 35.9 Å². The van der Waals surface area contributed by atoms with E-state index in [1.54, 1.807) is 24.1 Å². The van der Waals surface area contributed by atoms with Gasteiger partial charge in [-0.05, 0) is 47.4 Å². The Bertz CT molecular complexity index is 1140. The van der Waals surface area contributed by atoms with Crippen molar-refractivity contribution >= 4 is 23.4 Å². The average Bonchev–Trinajstić information content (AvgIpc) is 3.34. The summed E-state index contributed by atoms with van der Waals surface area (Å²) in [6.45, 7) is 0.516. The van der Waals surface area contributed by atoms with Gasteiger partial charge in [0.25, 0.3) is 0 Å². The van der Waals surface area contributed by atoms with Crippen molar-refractivity contribution in [1.29, 1.82) is 0 Å². The van der Waals surface area contributed by atoms with E-state index in [0.717, 1.165) is 16.7 Å². The number of fused-ring (bicyclic) bond motifs is 1. The summed E-state index contributed by atoms with van der Waals surface area (Å²) in [6, 6.07) is 22.1. The zero-order valence-electron chi connectivity index (χ0n) is 19.0. The lowest BCUT2D eigenvalue weighted by molar-refractivity contribution is -0.141. The minimum Gasteiger partial charge on any atom is -0.454 e.